The van der Waals surface area contributed by atoms with E-state index in [2.05, 4.69) is 13.0 Å². The van der Waals surface area contributed by atoms with Crippen LogP contribution >= 0.6 is 11.5 Å². The van der Waals surface area contributed by atoms with Crippen molar-refractivity contribution >= 4 is 21.6 Å². The first-order valence-electron chi connectivity index (χ1n) is 6.00. The second-order valence-electron chi connectivity index (χ2n) is 4.17. The number of hydrogen-bond donors (Lipinski definition) is 0. The van der Waals surface area contributed by atoms with Crippen LogP contribution in [0.5, 0.6) is 0 Å². The van der Waals surface area contributed by atoms with Crippen LogP contribution < -0.4 is 5.56 Å². The van der Waals surface area contributed by atoms with Gasteiger partial charge in [-0.3, -0.25) is 4.79 Å². The van der Waals surface area contributed by atoms with E-state index in [1.807, 2.05) is 42.5 Å². The third kappa shape index (κ3) is 1.68. The summed E-state index contributed by atoms with van der Waals surface area (Å²) in [7, 11) is 0. The zero-order valence-corrected chi connectivity index (χ0v) is 10.9. The van der Waals surface area contributed by atoms with Gasteiger partial charge in [0.25, 0.3) is 5.56 Å². The normalized spacial score (nSPS) is 10.9. The molecule has 0 saturated heterocycles. The van der Waals surface area contributed by atoms with Crippen LogP contribution in [0.25, 0.3) is 15.8 Å². The van der Waals surface area contributed by atoms with E-state index in [9.17, 15) is 4.79 Å². The topological polar surface area (TPSA) is 22.0 Å². The average molecular weight is 255 g/mol. The van der Waals surface area contributed by atoms with Gasteiger partial charge in [-0.25, -0.2) is 3.96 Å². The van der Waals surface area contributed by atoms with Crippen molar-refractivity contribution in [1.82, 2.24) is 3.96 Å². The molecule has 2 aromatic carbocycles. The van der Waals surface area contributed by atoms with E-state index >= 15 is 0 Å². The molecular formula is C15H13NOS. The molecule has 2 nitrogen and oxygen atoms in total. The van der Waals surface area contributed by atoms with Crippen LogP contribution in [-0.4, -0.2) is 3.96 Å². The summed E-state index contributed by atoms with van der Waals surface area (Å²) >= 11 is 1.51. The number of aromatic nitrogens is 1. The minimum atomic E-state index is 0.0801. The summed E-state index contributed by atoms with van der Waals surface area (Å²) in [6.07, 6.45) is 0.927. The standard InChI is InChI=1S/C15H13NOS/c1-2-11-7-3-5-9-13(11)16-15(17)12-8-4-6-10-14(12)18-16/h3-10H,2H2,1H3. The lowest BCUT2D eigenvalue weighted by atomic mass is 10.1. The fraction of sp³-hybridized carbons (Fsp3) is 0.133. The minimum Gasteiger partial charge on any atom is -0.267 e. The number of nitrogens with zero attached hydrogens (tertiary/aromatic N) is 1. The minimum absolute atomic E-state index is 0.0801. The van der Waals surface area contributed by atoms with Crippen molar-refractivity contribution in [2.24, 2.45) is 0 Å². The highest BCUT2D eigenvalue weighted by Gasteiger charge is 2.10. The molecule has 90 valence electrons. The third-order valence-corrected chi connectivity index (χ3v) is 4.18. The molecule has 3 heteroatoms. The zero-order chi connectivity index (χ0) is 12.5. The molecule has 0 atom stereocenters. The molecule has 1 heterocycles. The summed E-state index contributed by atoms with van der Waals surface area (Å²) in [5.74, 6) is 0. The molecule has 0 unspecified atom stereocenters. The first-order chi connectivity index (χ1) is 8.81. The van der Waals surface area contributed by atoms with Crippen molar-refractivity contribution in [1.29, 1.82) is 0 Å². The van der Waals surface area contributed by atoms with Crippen molar-refractivity contribution in [2.45, 2.75) is 13.3 Å². The molecule has 0 aliphatic rings. The number of benzene rings is 2. The second-order valence-corrected chi connectivity index (χ2v) is 5.16. The number of fused-ring (bicyclic) bond motifs is 1. The summed E-state index contributed by atoms with van der Waals surface area (Å²) in [5.41, 5.74) is 2.29. The Balaban J connectivity index is 2.32. The van der Waals surface area contributed by atoms with Gasteiger partial charge in [0.1, 0.15) is 0 Å². The van der Waals surface area contributed by atoms with E-state index in [1.165, 1.54) is 17.1 Å². The van der Waals surface area contributed by atoms with Crippen molar-refractivity contribution in [3.63, 3.8) is 0 Å². The Morgan fingerprint density at radius 3 is 2.56 bits per heavy atom. The van der Waals surface area contributed by atoms with Crippen molar-refractivity contribution in [2.75, 3.05) is 0 Å². The molecule has 0 amide bonds. The van der Waals surface area contributed by atoms with Crippen LogP contribution in [0.1, 0.15) is 12.5 Å². The lowest BCUT2D eigenvalue weighted by molar-refractivity contribution is 1.05. The molecule has 0 aliphatic heterocycles. The number of para-hydroxylation sites is 1. The Hall–Kier alpha value is -1.87. The molecule has 0 fully saturated rings. The lowest BCUT2D eigenvalue weighted by Crippen LogP contribution is -2.12. The first-order valence-corrected chi connectivity index (χ1v) is 6.78. The molecule has 0 N–H and O–H groups in total. The summed E-state index contributed by atoms with van der Waals surface area (Å²) in [6, 6.07) is 15.8. The maximum absolute atomic E-state index is 12.4. The van der Waals surface area contributed by atoms with E-state index in [1.54, 1.807) is 3.96 Å². The second kappa shape index (κ2) is 4.42. The third-order valence-electron chi connectivity index (χ3n) is 3.08. The van der Waals surface area contributed by atoms with Gasteiger partial charge in [0.15, 0.2) is 0 Å². The average Bonchev–Trinajstić information content (AvgIpc) is 2.76. The van der Waals surface area contributed by atoms with Gasteiger partial charge in [0.05, 0.1) is 15.8 Å². The van der Waals surface area contributed by atoms with Gasteiger partial charge in [-0.1, -0.05) is 48.8 Å². The number of aryl methyl sites for hydroxylation is 1. The molecule has 3 aromatic rings. The maximum Gasteiger partial charge on any atom is 0.273 e. The monoisotopic (exact) mass is 255 g/mol. The molecule has 0 aliphatic carbocycles. The van der Waals surface area contributed by atoms with E-state index in [4.69, 9.17) is 0 Å². The molecule has 0 bridgehead atoms. The van der Waals surface area contributed by atoms with Crippen molar-refractivity contribution in [3.8, 4) is 5.69 Å². The molecule has 0 radical (unpaired) electrons. The summed E-state index contributed by atoms with van der Waals surface area (Å²) in [5, 5.41) is 0.799. The molecule has 1 aromatic heterocycles. The smallest absolute Gasteiger partial charge is 0.267 e. The van der Waals surface area contributed by atoms with E-state index < -0.39 is 0 Å². The summed E-state index contributed by atoms with van der Waals surface area (Å²) in [6.45, 7) is 2.11. The quantitative estimate of drug-likeness (QED) is 0.685. The van der Waals surface area contributed by atoms with Crippen LogP contribution in [-0.2, 0) is 6.42 Å². The highest BCUT2D eigenvalue weighted by molar-refractivity contribution is 7.14. The first kappa shape index (κ1) is 11.2. The Labute approximate surface area is 109 Å². The van der Waals surface area contributed by atoms with E-state index in [0.717, 1.165) is 22.2 Å². The summed E-state index contributed by atoms with van der Waals surface area (Å²) in [4.78, 5) is 12.4. The van der Waals surface area contributed by atoms with Gasteiger partial charge in [-0.05, 0) is 30.2 Å². The molecular weight excluding hydrogens is 242 g/mol. The van der Waals surface area contributed by atoms with Crippen LogP contribution in [0.3, 0.4) is 0 Å². The predicted octanol–water partition coefficient (Wildman–Crippen LogP) is 3.61. The Morgan fingerprint density at radius 2 is 1.78 bits per heavy atom. The highest BCUT2D eigenvalue weighted by atomic mass is 32.1. The predicted molar refractivity (Wildman–Crippen MR) is 76.8 cm³/mol. The van der Waals surface area contributed by atoms with Gasteiger partial charge >= 0.3 is 0 Å². The molecule has 0 saturated carbocycles. The Bertz CT molecular complexity index is 754. The van der Waals surface area contributed by atoms with Crippen molar-refractivity contribution < 1.29 is 0 Å². The van der Waals surface area contributed by atoms with Crippen LogP contribution in [0.2, 0.25) is 0 Å². The van der Waals surface area contributed by atoms with Gasteiger partial charge in [0, 0.05) is 0 Å². The Morgan fingerprint density at radius 1 is 1.06 bits per heavy atom. The largest absolute Gasteiger partial charge is 0.273 e. The van der Waals surface area contributed by atoms with Gasteiger partial charge in [-0.15, -0.1) is 0 Å². The fourth-order valence-corrected chi connectivity index (χ4v) is 3.19. The van der Waals surface area contributed by atoms with E-state index in [0.29, 0.717) is 0 Å². The van der Waals surface area contributed by atoms with Crippen LogP contribution in [0.4, 0.5) is 0 Å². The molecule has 0 spiro atoms. The SMILES string of the molecule is CCc1ccccc1-n1sc2ccccc2c1=O. The molecule has 3 rings (SSSR count). The van der Waals surface area contributed by atoms with Crippen LogP contribution in [0.15, 0.2) is 53.3 Å². The van der Waals surface area contributed by atoms with Gasteiger partial charge in [-0.2, -0.15) is 0 Å². The van der Waals surface area contributed by atoms with E-state index in [-0.39, 0.29) is 5.56 Å². The Kier molecular flexibility index (Phi) is 2.76. The fourth-order valence-electron chi connectivity index (χ4n) is 2.14. The highest BCUT2D eigenvalue weighted by Crippen LogP contribution is 2.22. The molecule has 18 heavy (non-hydrogen) atoms. The number of hydrogen-bond acceptors (Lipinski definition) is 2. The zero-order valence-electron chi connectivity index (χ0n) is 10.1. The lowest BCUT2D eigenvalue weighted by Gasteiger charge is -2.06. The van der Waals surface area contributed by atoms with Gasteiger partial charge < -0.3 is 0 Å². The van der Waals surface area contributed by atoms with Crippen molar-refractivity contribution in [3.05, 3.63) is 64.4 Å². The number of rotatable bonds is 2. The van der Waals surface area contributed by atoms with Crippen LogP contribution in [0, 0.1) is 0 Å². The van der Waals surface area contributed by atoms with Gasteiger partial charge in [0.2, 0.25) is 0 Å². The maximum atomic E-state index is 12.4. The summed E-state index contributed by atoms with van der Waals surface area (Å²) < 4.78 is 2.83.